The number of urea groups is 1. The van der Waals surface area contributed by atoms with E-state index in [4.69, 9.17) is 21.1 Å². The van der Waals surface area contributed by atoms with Crippen molar-refractivity contribution >= 4 is 54.6 Å². The SMILES string of the molecule is C[Si](C)(C)CCOCN1C(=O)CCN(c2nc(Cl)nc3c2ccn3C2CCN(C(=O)OCc3ccccc3)CC2)C1=O. The van der Waals surface area contributed by atoms with Crippen LogP contribution in [-0.4, -0.2) is 83.4 Å². The molecule has 5 rings (SSSR count). The summed E-state index contributed by atoms with van der Waals surface area (Å²) in [5.41, 5.74) is 1.55. The molecule has 224 valence electrons. The number of hydrogen-bond donors (Lipinski definition) is 0. The van der Waals surface area contributed by atoms with E-state index in [0.29, 0.717) is 49.4 Å². The van der Waals surface area contributed by atoms with Gasteiger partial charge in [-0.15, -0.1) is 0 Å². The van der Waals surface area contributed by atoms with Crippen LogP contribution in [0, 0.1) is 0 Å². The lowest BCUT2D eigenvalue weighted by Gasteiger charge is -2.34. The van der Waals surface area contributed by atoms with Gasteiger partial charge in [-0.3, -0.25) is 9.69 Å². The quantitative estimate of drug-likeness (QED) is 0.177. The Labute approximate surface area is 251 Å². The Bertz CT molecular complexity index is 1440. The minimum atomic E-state index is -1.30. The third-order valence-electron chi connectivity index (χ3n) is 7.63. The molecule has 0 N–H and O–H groups in total. The van der Waals surface area contributed by atoms with Gasteiger partial charge in [-0.2, -0.15) is 9.97 Å². The van der Waals surface area contributed by atoms with Crippen LogP contribution in [0.1, 0.15) is 30.9 Å². The monoisotopic (exact) mass is 612 g/mol. The lowest BCUT2D eigenvalue weighted by Crippen LogP contribution is -2.53. The third kappa shape index (κ3) is 6.93. The second-order valence-electron chi connectivity index (χ2n) is 11.9. The Morgan fingerprint density at radius 3 is 2.50 bits per heavy atom. The molecule has 13 heteroatoms. The van der Waals surface area contributed by atoms with Gasteiger partial charge in [-0.25, -0.2) is 14.5 Å². The predicted molar refractivity (Wildman–Crippen MR) is 162 cm³/mol. The molecular weight excluding hydrogens is 576 g/mol. The van der Waals surface area contributed by atoms with Gasteiger partial charge >= 0.3 is 12.1 Å². The topological polar surface area (TPSA) is 110 Å². The van der Waals surface area contributed by atoms with Crippen molar-refractivity contribution in [2.75, 3.05) is 37.9 Å². The van der Waals surface area contributed by atoms with Crippen LogP contribution in [-0.2, 0) is 20.9 Å². The molecule has 4 amide bonds. The van der Waals surface area contributed by atoms with E-state index in [2.05, 4.69) is 29.6 Å². The summed E-state index contributed by atoms with van der Waals surface area (Å²) in [7, 11) is -1.30. The Morgan fingerprint density at radius 2 is 1.79 bits per heavy atom. The Morgan fingerprint density at radius 1 is 1.05 bits per heavy atom. The number of halogens is 1. The van der Waals surface area contributed by atoms with E-state index in [1.807, 2.05) is 47.2 Å². The van der Waals surface area contributed by atoms with Crippen LogP contribution in [0.25, 0.3) is 11.0 Å². The highest BCUT2D eigenvalue weighted by molar-refractivity contribution is 6.76. The largest absolute Gasteiger partial charge is 0.445 e. The predicted octanol–water partition coefficient (Wildman–Crippen LogP) is 5.53. The smallest absolute Gasteiger partial charge is 0.410 e. The summed E-state index contributed by atoms with van der Waals surface area (Å²) < 4.78 is 13.3. The van der Waals surface area contributed by atoms with E-state index >= 15 is 0 Å². The van der Waals surface area contributed by atoms with Gasteiger partial charge < -0.3 is 18.9 Å². The lowest BCUT2D eigenvalue weighted by atomic mass is 10.1. The first-order chi connectivity index (χ1) is 20.1. The fourth-order valence-electron chi connectivity index (χ4n) is 5.18. The molecule has 2 aliphatic rings. The average Bonchev–Trinajstić information content (AvgIpc) is 3.39. The van der Waals surface area contributed by atoms with Gasteiger partial charge in [0.2, 0.25) is 11.2 Å². The molecule has 0 bridgehead atoms. The number of fused-ring (bicyclic) bond motifs is 1. The van der Waals surface area contributed by atoms with Crippen LogP contribution in [0.5, 0.6) is 0 Å². The van der Waals surface area contributed by atoms with E-state index in [1.165, 1.54) is 4.90 Å². The van der Waals surface area contributed by atoms with Crippen molar-refractivity contribution in [2.24, 2.45) is 0 Å². The maximum absolute atomic E-state index is 13.4. The summed E-state index contributed by atoms with van der Waals surface area (Å²) in [5.74, 6) is 0.0996. The molecule has 2 aliphatic heterocycles. The number of amides is 4. The highest BCUT2D eigenvalue weighted by atomic mass is 35.5. The second kappa shape index (κ2) is 12.8. The number of carbonyl (C=O) groups is 3. The number of rotatable bonds is 9. The first-order valence-corrected chi connectivity index (χ1v) is 18.4. The molecule has 2 aromatic heterocycles. The van der Waals surface area contributed by atoms with Crippen LogP contribution < -0.4 is 4.90 Å². The van der Waals surface area contributed by atoms with Gasteiger partial charge in [0.25, 0.3) is 0 Å². The van der Waals surface area contributed by atoms with E-state index in [-0.39, 0.29) is 49.6 Å². The molecule has 11 nitrogen and oxygen atoms in total. The molecule has 3 aromatic rings. The molecule has 0 radical (unpaired) electrons. The summed E-state index contributed by atoms with van der Waals surface area (Å²) in [6, 6.07) is 12.0. The third-order valence-corrected chi connectivity index (χ3v) is 9.50. The maximum atomic E-state index is 13.4. The molecule has 0 spiro atoms. The van der Waals surface area contributed by atoms with E-state index in [0.717, 1.165) is 16.5 Å². The normalized spacial score (nSPS) is 16.9. The van der Waals surface area contributed by atoms with E-state index in [9.17, 15) is 14.4 Å². The zero-order valence-corrected chi connectivity index (χ0v) is 26.0. The Balaban J connectivity index is 1.25. The molecule has 4 heterocycles. The summed E-state index contributed by atoms with van der Waals surface area (Å²) in [6.07, 6.45) is 3.17. The number of imide groups is 1. The molecule has 2 saturated heterocycles. The number of piperidine rings is 1. The fourth-order valence-corrected chi connectivity index (χ4v) is 6.09. The minimum absolute atomic E-state index is 0.0158. The van der Waals surface area contributed by atoms with Crippen molar-refractivity contribution in [2.45, 2.75) is 57.6 Å². The fraction of sp³-hybridized carbons (Fsp3) is 0.483. The number of carbonyl (C=O) groups excluding carboxylic acids is 3. The van der Waals surface area contributed by atoms with Crippen molar-refractivity contribution in [3.05, 3.63) is 53.4 Å². The minimum Gasteiger partial charge on any atom is -0.445 e. The number of likely N-dealkylation sites (tertiary alicyclic amines) is 1. The van der Waals surface area contributed by atoms with E-state index < -0.39 is 14.1 Å². The molecular formula is C29H37ClN6O5Si. The number of nitrogens with zero attached hydrogens (tertiary/aromatic N) is 6. The Hall–Kier alpha value is -3.48. The van der Waals surface area contributed by atoms with Gasteiger partial charge in [0.1, 0.15) is 19.0 Å². The van der Waals surface area contributed by atoms with Crippen molar-refractivity contribution in [1.82, 2.24) is 24.3 Å². The average molecular weight is 613 g/mol. The van der Waals surface area contributed by atoms with Crippen molar-refractivity contribution in [1.29, 1.82) is 0 Å². The van der Waals surface area contributed by atoms with Gasteiger partial charge in [-0.1, -0.05) is 50.0 Å². The summed E-state index contributed by atoms with van der Waals surface area (Å²) >= 11 is 6.37. The molecule has 42 heavy (non-hydrogen) atoms. The van der Waals surface area contributed by atoms with E-state index in [1.54, 1.807) is 4.90 Å². The van der Waals surface area contributed by atoms with Crippen molar-refractivity contribution in [3.63, 3.8) is 0 Å². The first kappa shape index (κ1) is 30.0. The van der Waals surface area contributed by atoms with Gasteiger partial charge in [-0.05, 0) is 42.1 Å². The first-order valence-electron chi connectivity index (χ1n) is 14.3. The molecule has 0 aliphatic carbocycles. The maximum Gasteiger partial charge on any atom is 0.410 e. The standard InChI is InChI=1S/C29H37ClN6O5Si/c1-42(2,3)18-17-40-20-36-24(37)12-16-35(28(36)38)26-23-11-15-34(25(23)31-27(30)32-26)22-9-13-33(14-10-22)29(39)41-19-21-7-5-4-6-8-21/h4-8,11,15,22H,9-10,12-14,16-20H2,1-3H3. The molecule has 0 unspecified atom stereocenters. The van der Waals surface area contributed by atoms with Crippen molar-refractivity contribution in [3.8, 4) is 0 Å². The molecule has 2 fully saturated rings. The zero-order chi connectivity index (χ0) is 29.9. The Kier molecular flexibility index (Phi) is 9.14. The van der Waals surface area contributed by atoms with Gasteiger partial charge in [0.15, 0.2) is 5.82 Å². The number of anilines is 1. The second-order valence-corrected chi connectivity index (χ2v) is 17.8. The summed E-state index contributed by atoms with van der Waals surface area (Å²) in [5, 5.41) is 0.688. The molecule has 1 aromatic carbocycles. The number of hydrogen-bond acceptors (Lipinski definition) is 7. The number of aromatic nitrogens is 3. The van der Waals surface area contributed by atoms with Gasteiger partial charge in [0.05, 0.1) is 5.39 Å². The van der Waals surface area contributed by atoms with Crippen LogP contribution in [0.15, 0.2) is 42.6 Å². The van der Waals surface area contributed by atoms with Crippen LogP contribution in [0.4, 0.5) is 15.4 Å². The number of benzene rings is 1. The van der Waals surface area contributed by atoms with Crippen LogP contribution in [0.2, 0.25) is 31.0 Å². The van der Waals surface area contributed by atoms with Crippen molar-refractivity contribution < 1.29 is 23.9 Å². The summed E-state index contributed by atoms with van der Waals surface area (Å²) in [4.78, 5) is 51.9. The van der Waals surface area contributed by atoms with Crippen LogP contribution in [0.3, 0.4) is 0 Å². The summed E-state index contributed by atoms with van der Waals surface area (Å²) in [6.45, 7) is 8.67. The van der Waals surface area contributed by atoms with Crippen LogP contribution >= 0.6 is 11.6 Å². The zero-order valence-electron chi connectivity index (χ0n) is 24.3. The number of ether oxygens (including phenoxy) is 2. The highest BCUT2D eigenvalue weighted by Crippen LogP contribution is 2.33. The highest BCUT2D eigenvalue weighted by Gasteiger charge is 2.35. The molecule has 0 saturated carbocycles. The van der Waals surface area contributed by atoms with Gasteiger partial charge in [0, 0.05) is 53.0 Å². The molecule has 0 atom stereocenters. The lowest BCUT2D eigenvalue weighted by molar-refractivity contribution is -0.133.